The quantitative estimate of drug-likeness (QED) is 0.540. The number of hydrogen-bond donors (Lipinski definition) is 0. The topological polar surface area (TPSA) is 35.7 Å². The maximum absolute atomic E-state index is 11.4. The molecule has 1 aliphatic rings. The van der Waals surface area contributed by atoms with Gasteiger partial charge in [-0.3, -0.25) is 4.74 Å². The summed E-state index contributed by atoms with van der Waals surface area (Å²) in [5, 5.41) is 3.36. The van der Waals surface area contributed by atoms with Crippen LogP contribution in [0.2, 0.25) is 0 Å². The van der Waals surface area contributed by atoms with Crippen molar-refractivity contribution >= 4 is 6.21 Å². The number of ether oxygens (including phenoxy) is 1. The van der Waals surface area contributed by atoms with Crippen molar-refractivity contribution in [1.82, 2.24) is 5.32 Å². The van der Waals surface area contributed by atoms with Gasteiger partial charge in [-0.25, -0.2) is 4.99 Å². The number of rotatable bonds is 1. The fourth-order valence-corrected chi connectivity index (χ4v) is 0.509. The molecular weight excluding hydrogens is 149 g/mol. The van der Waals surface area contributed by atoms with Crippen molar-refractivity contribution < 1.29 is 17.9 Å². The maximum atomic E-state index is 11.4. The van der Waals surface area contributed by atoms with Gasteiger partial charge in [0.25, 0.3) is 0 Å². The Labute approximate surface area is 54.9 Å². The van der Waals surface area contributed by atoms with Gasteiger partial charge in [0, 0.05) is 6.21 Å². The molecule has 0 fully saturated rings. The molecular formula is C4H4F3N2O. The van der Waals surface area contributed by atoms with Crippen LogP contribution in [0.5, 0.6) is 0 Å². The molecule has 0 saturated heterocycles. The molecule has 0 saturated carbocycles. The van der Waals surface area contributed by atoms with Crippen molar-refractivity contribution in [1.29, 1.82) is 0 Å². The first kappa shape index (κ1) is 7.49. The zero-order valence-electron chi connectivity index (χ0n) is 4.80. The van der Waals surface area contributed by atoms with Crippen molar-refractivity contribution in [3.05, 3.63) is 0 Å². The molecule has 0 aliphatic carbocycles. The Hall–Kier alpha value is -0.620. The number of halogens is 3. The van der Waals surface area contributed by atoms with Gasteiger partial charge in [-0.05, 0) is 0 Å². The highest BCUT2D eigenvalue weighted by molar-refractivity contribution is 5.61. The summed E-state index contributed by atoms with van der Waals surface area (Å²) in [5.41, 5.74) is 0. The third kappa shape index (κ3) is 2.32. The van der Waals surface area contributed by atoms with Crippen LogP contribution >= 0.6 is 0 Å². The Bertz CT molecular complexity index is 144. The van der Waals surface area contributed by atoms with Crippen LogP contribution in [0.3, 0.4) is 0 Å². The van der Waals surface area contributed by atoms with Crippen LogP contribution in [-0.2, 0) is 4.74 Å². The summed E-state index contributed by atoms with van der Waals surface area (Å²) < 4.78 is 37.5. The molecule has 1 rings (SSSR count). The Morgan fingerprint density at radius 3 is 2.60 bits per heavy atom. The van der Waals surface area contributed by atoms with Gasteiger partial charge in [-0.15, -0.1) is 13.2 Å². The van der Waals surface area contributed by atoms with Crippen molar-refractivity contribution in [2.75, 3.05) is 6.54 Å². The molecule has 0 aromatic rings. The Morgan fingerprint density at radius 1 is 1.50 bits per heavy atom. The summed E-state index contributed by atoms with van der Waals surface area (Å²) in [6.07, 6.45) is -4.74. The molecule has 0 amide bonds. The van der Waals surface area contributed by atoms with E-state index >= 15 is 0 Å². The second-order valence-corrected chi connectivity index (χ2v) is 1.59. The number of nitrogens with zero attached hydrogens (tertiary/aromatic N) is 2. The molecule has 6 heteroatoms. The molecule has 3 nitrogen and oxygen atoms in total. The molecule has 10 heavy (non-hydrogen) atoms. The fourth-order valence-electron chi connectivity index (χ4n) is 0.509. The Morgan fingerprint density at radius 2 is 2.20 bits per heavy atom. The summed E-state index contributed by atoms with van der Waals surface area (Å²) in [7, 11) is 0. The summed E-state index contributed by atoms with van der Waals surface area (Å²) in [4.78, 5) is 3.29. The van der Waals surface area contributed by atoms with Gasteiger partial charge in [-0.2, -0.15) is 5.32 Å². The Balaban J connectivity index is 2.31. The third-order valence-corrected chi connectivity index (χ3v) is 0.815. The minimum absolute atomic E-state index is 0.195. The molecule has 0 spiro atoms. The van der Waals surface area contributed by atoms with E-state index < -0.39 is 12.7 Å². The van der Waals surface area contributed by atoms with Crippen LogP contribution in [-0.4, -0.2) is 25.5 Å². The monoisotopic (exact) mass is 153 g/mol. The summed E-state index contributed by atoms with van der Waals surface area (Å²) in [5.74, 6) is 0. The third-order valence-electron chi connectivity index (χ3n) is 0.815. The summed E-state index contributed by atoms with van der Waals surface area (Å²) >= 11 is 0. The first-order chi connectivity index (χ1) is 4.58. The standard InChI is InChI=1S/C4H4F3N2O/c5-4(6,7)10-3-8-1-2-9-3/h1,3H,2H2. The summed E-state index contributed by atoms with van der Waals surface area (Å²) in [6, 6.07) is 0. The lowest BCUT2D eigenvalue weighted by molar-refractivity contribution is -0.344. The lowest BCUT2D eigenvalue weighted by atomic mass is 10.8. The minimum atomic E-state index is -4.64. The number of hydrogen-bond acceptors (Lipinski definition) is 2. The van der Waals surface area contributed by atoms with Crippen LogP contribution in [0.4, 0.5) is 13.2 Å². The van der Waals surface area contributed by atoms with E-state index in [9.17, 15) is 13.2 Å². The van der Waals surface area contributed by atoms with Gasteiger partial charge in [-0.1, -0.05) is 0 Å². The van der Waals surface area contributed by atoms with Crippen LogP contribution in [0, 0.1) is 0 Å². The van der Waals surface area contributed by atoms with Crippen LogP contribution in [0.25, 0.3) is 0 Å². The van der Waals surface area contributed by atoms with Gasteiger partial charge < -0.3 is 0 Å². The lowest BCUT2D eigenvalue weighted by Crippen LogP contribution is -2.26. The number of alkyl halides is 3. The van der Waals surface area contributed by atoms with E-state index in [1.807, 2.05) is 0 Å². The lowest BCUT2D eigenvalue weighted by Gasteiger charge is -2.09. The van der Waals surface area contributed by atoms with E-state index in [1.54, 1.807) is 0 Å². The second kappa shape index (κ2) is 2.55. The molecule has 0 bridgehead atoms. The van der Waals surface area contributed by atoms with E-state index in [0.29, 0.717) is 0 Å². The fraction of sp³-hybridized carbons (Fsp3) is 0.750. The predicted octanol–water partition coefficient (Wildman–Crippen LogP) is 0.495. The molecule has 1 heterocycles. The van der Waals surface area contributed by atoms with E-state index in [1.165, 1.54) is 6.21 Å². The van der Waals surface area contributed by atoms with Crippen molar-refractivity contribution in [3.63, 3.8) is 0 Å². The van der Waals surface area contributed by atoms with Crippen molar-refractivity contribution in [2.45, 2.75) is 12.7 Å². The highest BCUT2D eigenvalue weighted by atomic mass is 19.4. The molecule has 57 valence electrons. The van der Waals surface area contributed by atoms with E-state index in [0.717, 1.165) is 0 Å². The highest BCUT2D eigenvalue weighted by Gasteiger charge is 2.34. The second-order valence-electron chi connectivity index (χ2n) is 1.59. The molecule has 0 aromatic carbocycles. The van der Waals surface area contributed by atoms with Gasteiger partial charge >= 0.3 is 6.36 Å². The molecule has 1 radical (unpaired) electrons. The number of aliphatic imine (C=N–C) groups is 1. The van der Waals surface area contributed by atoms with Gasteiger partial charge in [0.05, 0.1) is 6.54 Å². The first-order valence-electron chi connectivity index (χ1n) is 2.51. The smallest absolute Gasteiger partial charge is 0.251 e. The largest absolute Gasteiger partial charge is 0.525 e. The average Bonchev–Trinajstić information content (AvgIpc) is 2.12. The van der Waals surface area contributed by atoms with E-state index in [2.05, 4.69) is 15.0 Å². The normalized spacial score (nSPS) is 25.7. The van der Waals surface area contributed by atoms with E-state index in [4.69, 9.17) is 0 Å². The molecule has 1 atom stereocenters. The van der Waals surface area contributed by atoms with Gasteiger partial charge in [0.1, 0.15) is 0 Å². The zero-order chi connectivity index (χ0) is 7.61. The minimum Gasteiger partial charge on any atom is -0.251 e. The SMILES string of the molecule is FC(F)(F)OC1[N]CC=N1. The average molecular weight is 153 g/mol. The van der Waals surface area contributed by atoms with Crippen LogP contribution < -0.4 is 5.32 Å². The maximum Gasteiger partial charge on any atom is 0.525 e. The van der Waals surface area contributed by atoms with Crippen molar-refractivity contribution in [2.24, 2.45) is 4.99 Å². The molecule has 0 N–H and O–H groups in total. The predicted molar refractivity (Wildman–Crippen MR) is 26.4 cm³/mol. The summed E-state index contributed by atoms with van der Waals surface area (Å²) in [6.45, 7) is 0.195. The Kier molecular flexibility index (Phi) is 1.91. The molecule has 0 aromatic heterocycles. The zero-order valence-corrected chi connectivity index (χ0v) is 4.80. The van der Waals surface area contributed by atoms with Gasteiger partial charge in [0.2, 0.25) is 6.35 Å². The van der Waals surface area contributed by atoms with E-state index in [-0.39, 0.29) is 6.54 Å². The molecule has 1 unspecified atom stereocenters. The molecule has 1 aliphatic heterocycles. The van der Waals surface area contributed by atoms with Crippen molar-refractivity contribution in [3.8, 4) is 0 Å². The highest BCUT2D eigenvalue weighted by Crippen LogP contribution is 2.19. The van der Waals surface area contributed by atoms with Gasteiger partial charge in [0.15, 0.2) is 0 Å². The van der Waals surface area contributed by atoms with Crippen LogP contribution in [0.15, 0.2) is 4.99 Å². The first-order valence-corrected chi connectivity index (χ1v) is 2.51. The van der Waals surface area contributed by atoms with Crippen LogP contribution in [0.1, 0.15) is 0 Å².